The van der Waals surface area contributed by atoms with Gasteiger partial charge in [-0.15, -0.1) is 0 Å². The van der Waals surface area contributed by atoms with E-state index in [4.69, 9.17) is 9.84 Å². The SMILES string of the molecule is O=C(O)C1CN(Cc2ccc(OCc3cncnc3)cc2)C1. The first-order chi connectivity index (χ1) is 10.7. The van der Waals surface area contributed by atoms with Gasteiger partial charge in [0, 0.05) is 37.6 Å². The molecule has 6 nitrogen and oxygen atoms in total. The zero-order valence-electron chi connectivity index (χ0n) is 12.1. The molecule has 1 fully saturated rings. The van der Waals surface area contributed by atoms with Crippen molar-refractivity contribution in [2.75, 3.05) is 13.1 Å². The van der Waals surface area contributed by atoms with E-state index in [1.807, 2.05) is 24.3 Å². The lowest BCUT2D eigenvalue weighted by atomic mass is 10.00. The molecule has 0 amide bonds. The molecule has 1 aromatic heterocycles. The summed E-state index contributed by atoms with van der Waals surface area (Å²) in [6.07, 6.45) is 4.94. The molecule has 0 atom stereocenters. The largest absolute Gasteiger partial charge is 0.489 e. The maximum atomic E-state index is 10.8. The minimum Gasteiger partial charge on any atom is -0.489 e. The van der Waals surface area contributed by atoms with Crippen molar-refractivity contribution in [1.29, 1.82) is 0 Å². The number of nitrogens with zero attached hydrogens (tertiary/aromatic N) is 3. The molecule has 6 heteroatoms. The van der Waals surface area contributed by atoms with Crippen molar-refractivity contribution in [3.8, 4) is 5.75 Å². The second-order valence-electron chi connectivity index (χ2n) is 5.41. The fourth-order valence-electron chi connectivity index (χ4n) is 2.38. The first-order valence-corrected chi connectivity index (χ1v) is 7.11. The molecular weight excluding hydrogens is 282 g/mol. The molecule has 1 saturated heterocycles. The van der Waals surface area contributed by atoms with Crippen LogP contribution in [0.15, 0.2) is 43.0 Å². The minimum atomic E-state index is -0.704. The predicted octanol–water partition coefficient (Wildman–Crippen LogP) is 1.57. The van der Waals surface area contributed by atoms with Gasteiger partial charge in [-0.3, -0.25) is 9.69 Å². The number of aromatic nitrogens is 2. The van der Waals surface area contributed by atoms with Crippen molar-refractivity contribution in [2.45, 2.75) is 13.2 Å². The number of hydrogen-bond acceptors (Lipinski definition) is 5. The van der Waals surface area contributed by atoms with Gasteiger partial charge in [0.2, 0.25) is 0 Å². The van der Waals surface area contributed by atoms with E-state index in [0.717, 1.165) is 23.4 Å². The molecule has 1 N–H and O–H groups in total. The van der Waals surface area contributed by atoms with Crippen LogP contribution in [0.4, 0.5) is 0 Å². The van der Waals surface area contributed by atoms with E-state index in [9.17, 15) is 4.79 Å². The normalized spacial score (nSPS) is 15.3. The Hall–Kier alpha value is -2.47. The van der Waals surface area contributed by atoms with Crippen molar-refractivity contribution >= 4 is 5.97 Å². The van der Waals surface area contributed by atoms with E-state index in [-0.39, 0.29) is 5.92 Å². The molecular formula is C16H17N3O3. The zero-order valence-corrected chi connectivity index (χ0v) is 12.1. The predicted molar refractivity (Wildman–Crippen MR) is 79.2 cm³/mol. The van der Waals surface area contributed by atoms with Gasteiger partial charge in [0.25, 0.3) is 0 Å². The number of aliphatic carboxylic acids is 1. The van der Waals surface area contributed by atoms with E-state index in [2.05, 4.69) is 14.9 Å². The summed E-state index contributed by atoms with van der Waals surface area (Å²) in [5, 5.41) is 8.85. The van der Waals surface area contributed by atoms with Crippen molar-refractivity contribution in [3.63, 3.8) is 0 Å². The molecule has 0 spiro atoms. The first-order valence-electron chi connectivity index (χ1n) is 7.11. The van der Waals surface area contributed by atoms with Crippen molar-refractivity contribution in [2.24, 2.45) is 5.92 Å². The van der Waals surface area contributed by atoms with Crippen LogP contribution in [-0.2, 0) is 17.9 Å². The molecule has 2 aromatic rings. The van der Waals surface area contributed by atoms with Gasteiger partial charge in [-0.1, -0.05) is 12.1 Å². The number of carbonyl (C=O) groups is 1. The highest BCUT2D eigenvalue weighted by Gasteiger charge is 2.31. The van der Waals surface area contributed by atoms with Crippen LogP contribution in [0, 0.1) is 5.92 Å². The van der Waals surface area contributed by atoms with Crippen molar-refractivity contribution in [3.05, 3.63) is 54.1 Å². The van der Waals surface area contributed by atoms with E-state index in [0.29, 0.717) is 19.7 Å². The molecule has 0 aliphatic carbocycles. The average Bonchev–Trinajstić information content (AvgIpc) is 2.50. The molecule has 22 heavy (non-hydrogen) atoms. The van der Waals surface area contributed by atoms with Crippen LogP contribution < -0.4 is 4.74 Å². The second kappa shape index (κ2) is 6.53. The molecule has 1 aliphatic rings. The van der Waals surface area contributed by atoms with Crippen LogP contribution >= 0.6 is 0 Å². The van der Waals surface area contributed by atoms with Gasteiger partial charge < -0.3 is 9.84 Å². The van der Waals surface area contributed by atoms with Gasteiger partial charge >= 0.3 is 5.97 Å². The Morgan fingerprint density at radius 2 is 1.86 bits per heavy atom. The molecule has 0 saturated carbocycles. The lowest BCUT2D eigenvalue weighted by Gasteiger charge is -2.36. The summed E-state index contributed by atoms with van der Waals surface area (Å²) in [5.41, 5.74) is 2.08. The Bertz CT molecular complexity index is 625. The molecule has 3 rings (SSSR count). The Labute approximate surface area is 128 Å². The number of ether oxygens (including phenoxy) is 1. The molecule has 114 valence electrons. The van der Waals surface area contributed by atoms with Gasteiger partial charge in [0.05, 0.1) is 5.92 Å². The number of hydrogen-bond donors (Lipinski definition) is 1. The molecule has 0 unspecified atom stereocenters. The third-order valence-electron chi connectivity index (χ3n) is 3.66. The summed E-state index contributed by atoms with van der Waals surface area (Å²) in [7, 11) is 0. The standard InChI is InChI=1S/C16H17N3O3/c20-16(21)14-8-19(9-14)7-12-1-3-15(4-2-12)22-10-13-5-17-11-18-6-13/h1-6,11,14H,7-10H2,(H,20,21). The van der Waals surface area contributed by atoms with Crippen LogP contribution in [0.1, 0.15) is 11.1 Å². The Kier molecular flexibility index (Phi) is 4.29. The first kappa shape index (κ1) is 14.5. The Morgan fingerprint density at radius 3 is 2.50 bits per heavy atom. The lowest BCUT2D eigenvalue weighted by molar-refractivity contribution is -0.147. The third-order valence-corrected chi connectivity index (χ3v) is 3.66. The summed E-state index contributed by atoms with van der Waals surface area (Å²) in [5.74, 6) is -0.125. The number of carboxylic acids is 1. The zero-order chi connectivity index (χ0) is 15.4. The van der Waals surface area contributed by atoms with Gasteiger partial charge in [-0.05, 0) is 17.7 Å². The van der Waals surface area contributed by atoms with Crippen LogP contribution in [0.2, 0.25) is 0 Å². The van der Waals surface area contributed by atoms with Crippen LogP contribution in [0.3, 0.4) is 0 Å². The lowest BCUT2D eigenvalue weighted by Crippen LogP contribution is -2.49. The number of carboxylic acid groups (broad SMARTS) is 1. The Morgan fingerprint density at radius 1 is 1.18 bits per heavy atom. The topological polar surface area (TPSA) is 75.5 Å². The second-order valence-corrected chi connectivity index (χ2v) is 5.41. The maximum absolute atomic E-state index is 10.8. The summed E-state index contributed by atoms with van der Waals surface area (Å²) in [6, 6.07) is 7.86. The minimum absolute atomic E-state index is 0.212. The summed E-state index contributed by atoms with van der Waals surface area (Å²) in [6.45, 7) is 2.46. The summed E-state index contributed by atoms with van der Waals surface area (Å²) >= 11 is 0. The van der Waals surface area contributed by atoms with Gasteiger partial charge in [-0.2, -0.15) is 0 Å². The molecule has 2 heterocycles. The van der Waals surface area contributed by atoms with E-state index < -0.39 is 5.97 Å². The van der Waals surface area contributed by atoms with Crippen molar-refractivity contribution in [1.82, 2.24) is 14.9 Å². The van der Waals surface area contributed by atoms with E-state index in [1.165, 1.54) is 6.33 Å². The van der Waals surface area contributed by atoms with Crippen LogP contribution in [-0.4, -0.2) is 39.0 Å². The highest BCUT2D eigenvalue weighted by molar-refractivity contribution is 5.71. The number of benzene rings is 1. The molecule has 1 aliphatic heterocycles. The van der Waals surface area contributed by atoms with Gasteiger partial charge in [0.15, 0.2) is 0 Å². The molecule has 0 radical (unpaired) electrons. The highest BCUT2D eigenvalue weighted by atomic mass is 16.5. The van der Waals surface area contributed by atoms with Crippen LogP contribution in [0.25, 0.3) is 0 Å². The third kappa shape index (κ3) is 3.59. The van der Waals surface area contributed by atoms with E-state index in [1.54, 1.807) is 12.4 Å². The summed E-state index contributed by atoms with van der Waals surface area (Å²) < 4.78 is 5.67. The monoisotopic (exact) mass is 299 g/mol. The molecule has 1 aromatic carbocycles. The van der Waals surface area contributed by atoms with E-state index >= 15 is 0 Å². The van der Waals surface area contributed by atoms with Gasteiger partial charge in [0.1, 0.15) is 18.7 Å². The number of likely N-dealkylation sites (tertiary alicyclic amines) is 1. The van der Waals surface area contributed by atoms with Crippen molar-refractivity contribution < 1.29 is 14.6 Å². The fourth-order valence-corrected chi connectivity index (χ4v) is 2.38. The maximum Gasteiger partial charge on any atom is 0.309 e. The molecule has 0 bridgehead atoms. The van der Waals surface area contributed by atoms with Crippen LogP contribution in [0.5, 0.6) is 5.75 Å². The smallest absolute Gasteiger partial charge is 0.309 e. The summed E-state index contributed by atoms with van der Waals surface area (Å²) in [4.78, 5) is 20.8. The fraction of sp³-hybridized carbons (Fsp3) is 0.312. The quantitative estimate of drug-likeness (QED) is 0.872. The Balaban J connectivity index is 1.47. The average molecular weight is 299 g/mol. The highest BCUT2D eigenvalue weighted by Crippen LogP contribution is 2.20. The van der Waals surface area contributed by atoms with Gasteiger partial charge in [-0.25, -0.2) is 9.97 Å². The number of rotatable bonds is 6.